The van der Waals surface area contributed by atoms with E-state index in [1.807, 2.05) is 20.8 Å². The number of rotatable bonds is 3. The predicted octanol–water partition coefficient (Wildman–Crippen LogP) is 1.39. The number of aliphatic hydroxyl groups excluding tert-OH is 1. The molecule has 1 saturated carbocycles. The van der Waals surface area contributed by atoms with Gasteiger partial charge in [0.15, 0.2) is 5.96 Å². The van der Waals surface area contributed by atoms with Crippen molar-refractivity contribution in [3.8, 4) is 0 Å². The molecule has 0 spiro atoms. The summed E-state index contributed by atoms with van der Waals surface area (Å²) in [5.74, 6) is 0.901. The molecule has 0 bridgehead atoms. The van der Waals surface area contributed by atoms with E-state index in [2.05, 4.69) is 15.2 Å². The summed E-state index contributed by atoms with van der Waals surface area (Å²) in [6.07, 6.45) is 3.65. The topological polar surface area (TPSA) is 74.2 Å². The molecule has 23 heavy (non-hydrogen) atoms. The van der Waals surface area contributed by atoms with Crippen molar-refractivity contribution in [2.75, 3.05) is 26.7 Å². The SMILES string of the molecule is CN=C(NCC1CCCC1O)N1CCC(C(=O)OC(C)(C)C)C1. The van der Waals surface area contributed by atoms with E-state index >= 15 is 0 Å². The van der Waals surface area contributed by atoms with Crippen LogP contribution in [0.15, 0.2) is 4.99 Å². The summed E-state index contributed by atoms with van der Waals surface area (Å²) in [4.78, 5) is 18.6. The van der Waals surface area contributed by atoms with Gasteiger partial charge < -0.3 is 20.1 Å². The van der Waals surface area contributed by atoms with Crippen LogP contribution >= 0.6 is 0 Å². The Bertz CT molecular complexity index is 445. The first-order chi connectivity index (χ1) is 10.8. The normalized spacial score (nSPS) is 29.0. The Labute approximate surface area is 139 Å². The van der Waals surface area contributed by atoms with Crippen LogP contribution in [0.2, 0.25) is 0 Å². The van der Waals surface area contributed by atoms with Gasteiger partial charge in [-0.05, 0) is 40.0 Å². The fourth-order valence-corrected chi connectivity index (χ4v) is 3.34. The third-order valence-electron chi connectivity index (χ3n) is 4.58. The molecule has 2 aliphatic rings. The molecule has 132 valence electrons. The minimum Gasteiger partial charge on any atom is -0.460 e. The lowest BCUT2D eigenvalue weighted by molar-refractivity contribution is -0.159. The van der Waals surface area contributed by atoms with Crippen LogP contribution in [-0.4, -0.2) is 60.3 Å². The predicted molar refractivity (Wildman–Crippen MR) is 90.2 cm³/mol. The van der Waals surface area contributed by atoms with Gasteiger partial charge in [-0.15, -0.1) is 0 Å². The smallest absolute Gasteiger partial charge is 0.311 e. The van der Waals surface area contributed by atoms with E-state index in [0.717, 1.165) is 44.7 Å². The second-order valence-electron chi connectivity index (χ2n) is 7.65. The van der Waals surface area contributed by atoms with Gasteiger partial charge in [-0.25, -0.2) is 0 Å². The molecule has 1 aliphatic carbocycles. The molecule has 3 atom stereocenters. The number of nitrogens with one attached hydrogen (secondary N) is 1. The summed E-state index contributed by atoms with van der Waals surface area (Å²) in [6, 6.07) is 0. The number of carbonyl (C=O) groups is 1. The molecular weight excluding hydrogens is 294 g/mol. The molecule has 1 heterocycles. The van der Waals surface area contributed by atoms with Gasteiger partial charge in [-0.3, -0.25) is 9.79 Å². The largest absolute Gasteiger partial charge is 0.460 e. The summed E-state index contributed by atoms with van der Waals surface area (Å²) in [5.41, 5.74) is -0.441. The second-order valence-corrected chi connectivity index (χ2v) is 7.65. The van der Waals surface area contributed by atoms with Gasteiger partial charge in [0, 0.05) is 32.6 Å². The number of carbonyl (C=O) groups excluding carboxylic acids is 1. The van der Waals surface area contributed by atoms with Crippen LogP contribution in [0.25, 0.3) is 0 Å². The Kier molecular flexibility index (Phi) is 5.89. The van der Waals surface area contributed by atoms with E-state index < -0.39 is 5.60 Å². The van der Waals surface area contributed by atoms with Gasteiger partial charge in [0.05, 0.1) is 12.0 Å². The second kappa shape index (κ2) is 7.51. The lowest BCUT2D eigenvalue weighted by Gasteiger charge is -2.25. The Hall–Kier alpha value is -1.30. The third kappa shape index (κ3) is 5.09. The van der Waals surface area contributed by atoms with E-state index in [9.17, 15) is 9.90 Å². The van der Waals surface area contributed by atoms with Crippen molar-refractivity contribution in [1.82, 2.24) is 10.2 Å². The molecule has 2 N–H and O–H groups in total. The van der Waals surface area contributed by atoms with Crippen molar-refractivity contribution in [3.05, 3.63) is 0 Å². The molecule has 0 aromatic rings. The summed E-state index contributed by atoms with van der Waals surface area (Å²) < 4.78 is 5.48. The number of hydrogen-bond acceptors (Lipinski definition) is 4. The van der Waals surface area contributed by atoms with Crippen LogP contribution in [-0.2, 0) is 9.53 Å². The Morgan fingerprint density at radius 1 is 1.35 bits per heavy atom. The third-order valence-corrected chi connectivity index (χ3v) is 4.58. The molecule has 2 rings (SSSR count). The Morgan fingerprint density at radius 3 is 2.65 bits per heavy atom. The molecule has 3 unspecified atom stereocenters. The first kappa shape index (κ1) is 18.0. The maximum absolute atomic E-state index is 12.2. The zero-order valence-corrected chi connectivity index (χ0v) is 14.8. The number of likely N-dealkylation sites (tertiary alicyclic amines) is 1. The summed E-state index contributed by atoms with van der Waals surface area (Å²) >= 11 is 0. The Balaban J connectivity index is 1.82. The highest BCUT2D eigenvalue weighted by atomic mass is 16.6. The maximum Gasteiger partial charge on any atom is 0.311 e. The van der Waals surface area contributed by atoms with Gasteiger partial charge in [-0.2, -0.15) is 0 Å². The quantitative estimate of drug-likeness (QED) is 0.466. The number of aliphatic hydroxyl groups is 1. The molecule has 6 heteroatoms. The van der Waals surface area contributed by atoms with Crippen LogP contribution < -0.4 is 5.32 Å². The van der Waals surface area contributed by atoms with Crippen LogP contribution in [0, 0.1) is 11.8 Å². The van der Waals surface area contributed by atoms with Crippen molar-refractivity contribution in [2.24, 2.45) is 16.8 Å². The average Bonchev–Trinajstić information content (AvgIpc) is 3.08. The van der Waals surface area contributed by atoms with Crippen molar-refractivity contribution < 1.29 is 14.6 Å². The van der Waals surface area contributed by atoms with E-state index in [1.165, 1.54) is 0 Å². The van der Waals surface area contributed by atoms with Crippen LogP contribution in [0.4, 0.5) is 0 Å². The maximum atomic E-state index is 12.2. The van der Waals surface area contributed by atoms with Gasteiger partial charge in [-0.1, -0.05) is 6.42 Å². The van der Waals surface area contributed by atoms with E-state index in [1.54, 1.807) is 7.05 Å². The minimum absolute atomic E-state index is 0.0927. The first-order valence-electron chi connectivity index (χ1n) is 8.66. The summed E-state index contributed by atoms with van der Waals surface area (Å²) in [6.45, 7) is 7.86. The fraction of sp³-hybridized carbons (Fsp3) is 0.882. The van der Waals surface area contributed by atoms with Crippen LogP contribution in [0.3, 0.4) is 0 Å². The molecule has 0 radical (unpaired) electrons. The van der Waals surface area contributed by atoms with Gasteiger partial charge in [0.1, 0.15) is 5.60 Å². The zero-order chi connectivity index (χ0) is 17.0. The van der Waals surface area contributed by atoms with Crippen molar-refractivity contribution in [2.45, 2.75) is 58.2 Å². The number of ether oxygens (including phenoxy) is 1. The average molecular weight is 325 g/mol. The molecule has 6 nitrogen and oxygen atoms in total. The lowest BCUT2D eigenvalue weighted by Crippen LogP contribution is -2.43. The fourth-order valence-electron chi connectivity index (χ4n) is 3.34. The number of guanidine groups is 1. The Morgan fingerprint density at radius 2 is 2.09 bits per heavy atom. The van der Waals surface area contributed by atoms with Crippen LogP contribution in [0.5, 0.6) is 0 Å². The standard InChI is InChI=1S/C17H31N3O3/c1-17(2,3)23-15(22)13-8-9-20(11-13)16(18-4)19-10-12-6-5-7-14(12)21/h12-14,21H,5-11H2,1-4H3,(H,18,19). The lowest BCUT2D eigenvalue weighted by atomic mass is 10.1. The van der Waals surface area contributed by atoms with E-state index in [0.29, 0.717) is 12.5 Å². The highest BCUT2D eigenvalue weighted by molar-refractivity contribution is 5.82. The molecule has 2 fully saturated rings. The number of aliphatic imine (C=N–C) groups is 1. The van der Waals surface area contributed by atoms with Crippen LogP contribution in [0.1, 0.15) is 46.5 Å². The number of nitrogens with zero attached hydrogens (tertiary/aromatic N) is 2. The van der Waals surface area contributed by atoms with Crippen molar-refractivity contribution in [3.63, 3.8) is 0 Å². The molecule has 1 aliphatic heterocycles. The molecule has 1 saturated heterocycles. The number of hydrogen-bond donors (Lipinski definition) is 2. The highest BCUT2D eigenvalue weighted by Gasteiger charge is 2.33. The summed E-state index contributed by atoms with van der Waals surface area (Å²) in [5, 5.41) is 13.3. The van der Waals surface area contributed by atoms with Gasteiger partial charge in [0.25, 0.3) is 0 Å². The van der Waals surface area contributed by atoms with Gasteiger partial charge >= 0.3 is 5.97 Å². The minimum atomic E-state index is -0.441. The van der Waals surface area contributed by atoms with E-state index in [4.69, 9.17) is 4.74 Å². The zero-order valence-electron chi connectivity index (χ0n) is 14.8. The monoisotopic (exact) mass is 325 g/mol. The molecule has 0 aromatic carbocycles. The van der Waals surface area contributed by atoms with Crippen molar-refractivity contribution in [1.29, 1.82) is 0 Å². The number of esters is 1. The molecule has 0 amide bonds. The molecule has 0 aromatic heterocycles. The highest BCUT2D eigenvalue weighted by Crippen LogP contribution is 2.25. The van der Waals surface area contributed by atoms with E-state index in [-0.39, 0.29) is 18.0 Å². The summed E-state index contributed by atoms with van der Waals surface area (Å²) in [7, 11) is 1.76. The molecular formula is C17H31N3O3. The van der Waals surface area contributed by atoms with Crippen molar-refractivity contribution >= 4 is 11.9 Å². The van der Waals surface area contributed by atoms with Gasteiger partial charge in [0.2, 0.25) is 0 Å². The first-order valence-corrected chi connectivity index (χ1v) is 8.66.